The first-order chi connectivity index (χ1) is 32.1. The van der Waals surface area contributed by atoms with Crippen LogP contribution in [0.3, 0.4) is 0 Å². The third-order valence-electron chi connectivity index (χ3n) is 12.1. The second kappa shape index (κ2) is 48.5. The first kappa shape index (κ1) is 63.0. The fourth-order valence-electron chi connectivity index (χ4n) is 7.94. The van der Waals surface area contributed by atoms with E-state index >= 15 is 0 Å². The summed E-state index contributed by atoms with van der Waals surface area (Å²) in [6.45, 7) is 4.57. The Morgan fingerprint density at radius 1 is 0.470 bits per heavy atom. The van der Waals surface area contributed by atoms with Gasteiger partial charge >= 0.3 is 11.9 Å². The number of hydrogen-bond acceptors (Lipinski definition) is 7. The lowest BCUT2D eigenvalue weighted by atomic mass is 10.0. The number of quaternary nitrogens is 1. The molecule has 0 aliphatic rings. The Balaban J connectivity index is 4.21. The molecular weight excluding hydrogens is 823 g/mol. The van der Waals surface area contributed by atoms with Gasteiger partial charge in [-0.2, -0.15) is 0 Å². The van der Waals surface area contributed by atoms with Crippen LogP contribution in [0, 0.1) is 0 Å². The van der Waals surface area contributed by atoms with E-state index in [9.17, 15) is 19.5 Å². The van der Waals surface area contributed by atoms with Crippen molar-refractivity contribution in [3.63, 3.8) is 0 Å². The van der Waals surface area contributed by atoms with Crippen molar-refractivity contribution in [2.24, 2.45) is 0 Å². The molecule has 0 aliphatic carbocycles. The Labute approximate surface area is 407 Å². The van der Waals surface area contributed by atoms with Crippen LogP contribution in [0.15, 0.2) is 60.8 Å². The Kier molecular flexibility index (Phi) is 46.3. The first-order valence-corrected chi connectivity index (χ1v) is 27.3. The number of esters is 2. The number of likely N-dealkylation sites (N-methyl/N-ethyl adjacent to an activating group) is 1. The van der Waals surface area contributed by atoms with Gasteiger partial charge in [0.2, 0.25) is 0 Å². The Bertz CT molecular complexity index is 1260. The van der Waals surface area contributed by atoms with Gasteiger partial charge in [0.25, 0.3) is 0 Å². The second-order valence-electron chi connectivity index (χ2n) is 19.4. The number of unbranched alkanes of at least 4 members (excludes halogenated alkanes) is 25. The number of allylic oxidation sites excluding steroid dienone is 10. The van der Waals surface area contributed by atoms with Crippen LogP contribution in [0.5, 0.6) is 0 Å². The van der Waals surface area contributed by atoms with E-state index in [2.05, 4.69) is 74.6 Å². The summed E-state index contributed by atoms with van der Waals surface area (Å²) in [6, 6.07) is -0.729. The molecule has 2 unspecified atom stereocenters. The summed E-state index contributed by atoms with van der Waals surface area (Å²) in [4.78, 5) is 37.1. The van der Waals surface area contributed by atoms with Gasteiger partial charge in [-0.05, 0) is 77.0 Å². The average Bonchev–Trinajstić information content (AvgIpc) is 3.28. The SMILES string of the molecule is CC/C=C\C/C=C\C/C=C\C/C=C\CCCCCCCCCCCCC(=O)OC(COCCC(C(=O)[O-])[N+](C)(C)C)COC(=O)CCCCCCCCCCC/C=C\CCCCCCCC. The normalized spacial score (nSPS) is 13.3. The van der Waals surface area contributed by atoms with Gasteiger partial charge in [-0.1, -0.05) is 203 Å². The number of aliphatic carboxylic acids is 1. The molecule has 0 saturated carbocycles. The maximum atomic E-state index is 12.8. The molecule has 8 heteroatoms. The molecule has 0 bridgehead atoms. The van der Waals surface area contributed by atoms with Crippen molar-refractivity contribution in [2.45, 2.75) is 251 Å². The number of carboxylic acids is 1. The minimum absolute atomic E-state index is 0.0380. The monoisotopic (exact) mass is 926 g/mol. The molecule has 0 amide bonds. The highest BCUT2D eigenvalue weighted by molar-refractivity contribution is 5.70. The van der Waals surface area contributed by atoms with Crippen LogP contribution in [0.2, 0.25) is 0 Å². The molecule has 0 heterocycles. The molecule has 382 valence electrons. The van der Waals surface area contributed by atoms with Gasteiger partial charge in [-0.25, -0.2) is 0 Å². The summed E-state index contributed by atoms with van der Waals surface area (Å²) in [7, 11) is 5.42. The molecule has 0 saturated heterocycles. The Hall–Kier alpha value is -2.97. The molecule has 8 nitrogen and oxygen atoms in total. The maximum absolute atomic E-state index is 12.8. The average molecular weight is 926 g/mol. The molecule has 2 atom stereocenters. The van der Waals surface area contributed by atoms with Crippen LogP contribution in [0.25, 0.3) is 0 Å². The van der Waals surface area contributed by atoms with Crippen molar-refractivity contribution in [3.05, 3.63) is 60.8 Å². The largest absolute Gasteiger partial charge is 0.544 e. The van der Waals surface area contributed by atoms with Gasteiger partial charge in [-0.3, -0.25) is 9.59 Å². The first-order valence-electron chi connectivity index (χ1n) is 27.3. The van der Waals surface area contributed by atoms with Crippen LogP contribution in [0.1, 0.15) is 239 Å². The van der Waals surface area contributed by atoms with Crippen molar-refractivity contribution in [1.29, 1.82) is 0 Å². The van der Waals surface area contributed by atoms with Gasteiger partial charge in [0.05, 0.1) is 40.3 Å². The number of carboxylic acid groups (broad SMARTS) is 1. The standard InChI is InChI=1S/C58H103NO7/c1-6-8-10-12-14-16-18-20-22-24-26-27-28-29-31-33-35-37-39-41-43-45-47-49-57(61)66-54(52-64-51-50-55(58(62)63)59(3,4)5)53-65-56(60)48-46-44-42-40-38-36-34-32-30-25-23-21-19-17-15-13-11-9-7-2/h8,10,14,16,20-23,26-27,54-55H,6-7,9,11-13,15,17-19,24-25,28-53H2,1-5H3/b10-8-,16-14-,22-20-,23-21-,27-26-. The number of carbonyl (C=O) groups excluding carboxylic acids is 3. The fraction of sp³-hybridized carbons (Fsp3) is 0.776. The summed E-state index contributed by atoms with van der Waals surface area (Å²) in [6.07, 6.45) is 61.1. The molecule has 0 radical (unpaired) electrons. The molecule has 0 aromatic rings. The third-order valence-corrected chi connectivity index (χ3v) is 12.1. The fourth-order valence-corrected chi connectivity index (χ4v) is 7.94. The van der Waals surface area contributed by atoms with Crippen LogP contribution in [-0.2, 0) is 28.6 Å². The quantitative estimate of drug-likeness (QED) is 0.0259. The van der Waals surface area contributed by atoms with E-state index in [4.69, 9.17) is 14.2 Å². The van der Waals surface area contributed by atoms with E-state index in [1.165, 1.54) is 141 Å². The van der Waals surface area contributed by atoms with Crippen LogP contribution < -0.4 is 5.11 Å². The summed E-state index contributed by atoms with van der Waals surface area (Å²) < 4.78 is 17.3. The highest BCUT2D eigenvalue weighted by Crippen LogP contribution is 2.16. The van der Waals surface area contributed by atoms with E-state index in [0.29, 0.717) is 12.8 Å². The molecule has 0 N–H and O–H groups in total. The zero-order chi connectivity index (χ0) is 48.4. The molecule has 66 heavy (non-hydrogen) atoms. The molecule has 0 spiro atoms. The Morgan fingerprint density at radius 3 is 1.27 bits per heavy atom. The zero-order valence-corrected chi connectivity index (χ0v) is 43.6. The third kappa shape index (κ3) is 46.2. The van der Waals surface area contributed by atoms with Crippen molar-refractivity contribution >= 4 is 17.9 Å². The lowest BCUT2D eigenvalue weighted by Gasteiger charge is -2.34. The molecule has 0 aromatic carbocycles. The predicted molar refractivity (Wildman–Crippen MR) is 277 cm³/mol. The highest BCUT2D eigenvalue weighted by Gasteiger charge is 2.25. The summed E-state index contributed by atoms with van der Waals surface area (Å²) in [5, 5.41) is 11.7. The minimum Gasteiger partial charge on any atom is -0.544 e. The number of ether oxygens (including phenoxy) is 3. The van der Waals surface area contributed by atoms with Gasteiger partial charge in [0, 0.05) is 19.3 Å². The van der Waals surface area contributed by atoms with Gasteiger partial charge in [0.1, 0.15) is 12.6 Å². The number of carbonyl (C=O) groups is 3. The topological polar surface area (TPSA) is 102 Å². The van der Waals surface area contributed by atoms with E-state index in [0.717, 1.165) is 64.2 Å². The lowest BCUT2D eigenvalue weighted by Crippen LogP contribution is -2.55. The number of hydrogen-bond donors (Lipinski definition) is 0. The van der Waals surface area contributed by atoms with E-state index in [1.807, 2.05) is 0 Å². The second-order valence-corrected chi connectivity index (χ2v) is 19.4. The zero-order valence-electron chi connectivity index (χ0n) is 43.6. The van der Waals surface area contributed by atoms with Gasteiger partial charge in [-0.15, -0.1) is 0 Å². The van der Waals surface area contributed by atoms with E-state index in [1.54, 1.807) is 21.1 Å². The number of nitrogens with zero attached hydrogens (tertiary/aromatic N) is 1. The smallest absolute Gasteiger partial charge is 0.306 e. The van der Waals surface area contributed by atoms with Crippen LogP contribution in [0.4, 0.5) is 0 Å². The maximum Gasteiger partial charge on any atom is 0.306 e. The molecule has 0 aromatic heterocycles. The molecule has 0 fully saturated rings. The van der Waals surface area contributed by atoms with Crippen molar-refractivity contribution in [1.82, 2.24) is 0 Å². The summed E-state index contributed by atoms with van der Waals surface area (Å²) >= 11 is 0. The number of rotatable bonds is 49. The van der Waals surface area contributed by atoms with Gasteiger partial charge < -0.3 is 28.6 Å². The molecular formula is C58H103NO7. The van der Waals surface area contributed by atoms with Gasteiger partial charge in [0.15, 0.2) is 6.10 Å². The van der Waals surface area contributed by atoms with Crippen LogP contribution in [-0.4, -0.2) is 75.5 Å². The lowest BCUT2D eigenvalue weighted by molar-refractivity contribution is -0.889. The van der Waals surface area contributed by atoms with E-state index < -0.39 is 18.1 Å². The predicted octanol–water partition coefficient (Wildman–Crippen LogP) is 14.8. The molecule has 0 aliphatic heterocycles. The highest BCUT2D eigenvalue weighted by atomic mass is 16.6. The van der Waals surface area contributed by atoms with Crippen LogP contribution >= 0.6 is 0 Å². The summed E-state index contributed by atoms with van der Waals surface area (Å²) in [5.74, 6) is -1.74. The summed E-state index contributed by atoms with van der Waals surface area (Å²) in [5.41, 5.74) is 0. The van der Waals surface area contributed by atoms with E-state index in [-0.39, 0.29) is 42.7 Å². The Morgan fingerprint density at radius 2 is 0.848 bits per heavy atom. The van der Waals surface area contributed by atoms with Crippen molar-refractivity contribution in [2.75, 3.05) is 41.0 Å². The minimum atomic E-state index is -1.13. The molecule has 0 rings (SSSR count). The van der Waals surface area contributed by atoms with Crippen molar-refractivity contribution < 1.29 is 38.2 Å². The van der Waals surface area contributed by atoms with Crippen molar-refractivity contribution in [3.8, 4) is 0 Å².